The Hall–Kier alpha value is -3.92. The predicted molar refractivity (Wildman–Crippen MR) is 96.3 cm³/mol. The van der Waals surface area contributed by atoms with Crippen molar-refractivity contribution < 1.29 is 9.84 Å². The van der Waals surface area contributed by atoms with E-state index in [1.165, 1.54) is 6.33 Å². The van der Waals surface area contributed by atoms with Crippen LogP contribution in [0, 0.1) is 11.3 Å². The van der Waals surface area contributed by atoms with Gasteiger partial charge in [0.05, 0.1) is 21.9 Å². The Bertz CT molecular complexity index is 1130. The van der Waals surface area contributed by atoms with E-state index in [0.29, 0.717) is 17.2 Å². The van der Waals surface area contributed by atoms with Gasteiger partial charge in [-0.15, -0.1) is 0 Å². The highest BCUT2D eigenvalue weighted by Crippen LogP contribution is 2.22. The number of nitrogens with one attached hydrogen (secondary N) is 1. The van der Waals surface area contributed by atoms with Gasteiger partial charge in [-0.3, -0.25) is 0 Å². The van der Waals surface area contributed by atoms with E-state index in [-0.39, 0.29) is 17.9 Å². The van der Waals surface area contributed by atoms with Crippen molar-refractivity contribution in [1.82, 2.24) is 19.9 Å². The van der Waals surface area contributed by atoms with Crippen LogP contribution in [0.3, 0.4) is 0 Å². The molecule has 26 heavy (non-hydrogen) atoms. The molecule has 126 valence electrons. The Morgan fingerprint density at radius 1 is 1.08 bits per heavy atom. The molecule has 7 heteroatoms. The van der Waals surface area contributed by atoms with E-state index in [1.54, 1.807) is 0 Å². The third-order valence-corrected chi connectivity index (χ3v) is 3.88. The van der Waals surface area contributed by atoms with E-state index < -0.39 is 0 Å². The van der Waals surface area contributed by atoms with Gasteiger partial charge in [0, 0.05) is 0 Å². The van der Waals surface area contributed by atoms with Crippen LogP contribution in [0.4, 0.5) is 0 Å². The third-order valence-electron chi connectivity index (χ3n) is 3.88. The zero-order chi connectivity index (χ0) is 17.9. The number of nitrogens with zero attached hydrogens (tertiary/aromatic N) is 4. The molecule has 4 rings (SSSR count). The van der Waals surface area contributed by atoms with Gasteiger partial charge in [0.25, 0.3) is 0 Å². The number of aliphatic hydroxyl groups is 1. The molecule has 0 aliphatic rings. The first-order valence-electron chi connectivity index (χ1n) is 7.86. The highest BCUT2D eigenvalue weighted by Gasteiger charge is 2.14. The van der Waals surface area contributed by atoms with Crippen LogP contribution in [-0.4, -0.2) is 31.6 Å². The molecule has 0 unspecified atom stereocenters. The lowest BCUT2D eigenvalue weighted by molar-refractivity contribution is 0.267. The number of nitriles is 1. The molecule has 4 aromatic rings. The SMILES string of the molecule is N#C/C(=C(/O)COc1ncnc2ccccc12)c1nc2ccccc2[nH]1. The topological polar surface area (TPSA) is 108 Å². The highest BCUT2D eigenvalue weighted by molar-refractivity contribution is 5.84. The second-order valence-electron chi connectivity index (χ2n) is 5.52. The van der Waals surface area contributed by atoms with Gasteiger partial charge in [0.2, 0.25) is 5.88 Å². The molecule has 0 bridgehead atoms. The first-order valence-corrected chi connectivity index (χ1v) is 7.86. The van der Waals surface area contributed by atoms with Crippen molar-refractivity contribution in [2.45, 2.75) is 0 Å². The van der Waals surface area contributed by atoms with Crippen LogP contribution >= 0.6 is 0 Å². The van der Waals surface area contributed by atoms with Crippen molar-refractivity contribution in [1.29, 1.82) is 5.26 Å². The highest BCUT2D eigenvalue weighted by atomic mass is 16.5. The summed E-state index contributed by atoms with van der Waals surface area (Å²) in [6.07, 6.45) is 1.39. The number of hydrogen-bond acceptors (Lipinski definition) is 6. The molecule has 2 N–H and O–H groups in total. The molecular weight excluding hydrogens is 330 g/mol. The van der Waals surface area contributed by atoms with E-state index in [1.807, 2.05) is 54.6 Å². The fourth-order valence-electron chi connectivity index (χ4n) is 2.63. The summed E-state index contributed by atoms with van der Waals surface area (Å²) in [7, 11) is 0. The van der Waals surface area contributed by atoms with Gasteiger partial charge >= 0.3 is 0 Å². The standard InChI is InChI=1S/C19H13N5O2/c20-9-13(18-23-15-7-3-4-8-16(15)24-18)17(25)10-26-19-12-5-1-2-6-14(12)21-11-22-19/h1-8,11,25H,10H2,(H,23,24)/b17-13-. The number of ether oxygens (including phenoxy) is 1. The second-order valence-corrected chi connectivity index (χ2v) is 5.52. The molecule has 0 saturated carbocycles. The normalized spacial score (nSPS) is 12.0. The average Bonchev–Trinajstić information content (AvgIpc) is 3.10. The van der Waals surface area contributed by atoms with Crippen molar-refractivity contribution in [3.05, 3.63) is 66.4 Å². The van der Waals surface area contributed by atoms with E-state index in [9.17, 15) is 10.4 Å². The van der Waals surface area contributed by atoms with E-state index in [4.69, 9.17) is 4.74 Å². The fraction of sp³-hybridized carbons (Fsp3) is 0.0526. The van der Waals surface area contributed by atoms with Crippen molar-refractivity contribution in [2.75, 3.05) is 6.61 Å². The molecular formula is C19H13N5O2. The molecule has 2 aromatic carbocycles. The lowest BCUT2D eigenvalue weighted by Gasteiger charge is -2.08. The van der Waals surface area contributed by atoms with Crippen molar-refractivity contribution in [3.8, 4) is 11.9 Å². The van der Waals surface area contributed by atoms with Gasteiger partial charge in [0.1, 0.15) is 24.6 Å². The first kappa shape index (κ1) is 15.6. The maximum atomic E-state index is 10.3. The largest absolute Gasteiger partial charge is 0.507 e. The summed E-state index contributed by atoms with van der Waals surface area (Å²) in [5, 5.41) is 20.5. The number of hydrogen-bond donors (Lipinski definition) is 2. The number of aromatic nitrogens is 4. The molecule has 0 saturated heterocycles. The minimum absolute atomic E-state index is 0.0274. The number of aromatic amines is 1. The first-order chi connectivity index (χ1) is 12.8. The van der Waals surface area contributed by atoms with Gasteiger partial charge in [-0.2, -0.15) is 5.26 Å². The minimum atomic E-state index is -0.228. The lowest BCUT2D eigenvalue weighted by Crippen LogP contribution is -2.05. The maximum absolute atomic E-state index is 10.3. The molecule has 0 aliphatic heterocycles. The Labute approximate surface area is 148 Å². The van der Waals surface area contributed by atoms with Crippen LogP contribution in [0.25, 0.3) is 27.5 Å². The second kappa shape index (κ2) is 6.53. The lowest BCUT2D eigenvalue weighted by atomic mass is 10.2. The summed E-state index contributed by atoms with van der Waals surface area (Å²) >= 11 is 0. The molecule has 2 heterocycles. The summed E-state index contributed by atoms with van der Waals surface area (Å²) in [5.74, 6) is 0.403. The summed E-state index contributed by atoms with van der Waals surface area (Å²) in [6.45, 7) is -0.207. The Balaban J connectivity index is 1.64. The molecule has 0 amide bonds. The zero-order valence-corrected chi connectivity index (χ0v) is 13.5. The van der Waals surface area contributed by atoms with Gasteiger partial charge in [-0.05, 0) is 24.3 Å². The molecule has 0 fully saturated rings. The molecule has 0 spiro atoms. The van der Waals surface area contributed by atoms with Gasteiger partial charge in [-0.25, -0.2) is 15.0 Å². The Kier molecular flexibility index (Phi) is 3.92. The molecule has 7 nitrogen and oxygen atoms in total. The quantitative estimate of drug-likeness (QED) is 0.434. The summed E-state index contributed by atoms with van der Waals surface area (Å²) in [4.78, 5) is 15.6. The fourth-order valence-corrected chi connectivity index (χ4v) is 2.63. The predicted octanol–water partition coefficient (Wildman–Crippen LogP) is 3.38. The Morgan fingerprint density at radius 2 is 1.85 bits per heavy atom. The Morgan fingerprint density at radius 3 is 2.65 bits per heavy atom. The van der Waals surface area contributed by atoms with E-state index in [2.05, 4.69) is 19.9 Å². The minimum Gasteiger partial charge on any atom is -0.507 e. The monoisotopic (exact) mass is 343 g/mol. The number of allylic oxidation sites excluding steroid dienone is 1. The number of para-hydroxylation sites is 3. The van der Waals surface area contributed by atoms with Gasteiger partial charge in [0.15, 0.2) is 11.6 Å². The van der Waals surface area contributed by atoms with E-state index >= 15 is 0 Å². The summed E-state index contributed by atoms with van der Waals surface area (Å²) < 4.78 is 5.61. The van der Waals surface area contributed by atoms with Gasteiger partial charge in [-0.1, -0.05) is 24.3 Å². The van der Waals surface area contributed by atoms with Crippen LogP contribution in [0.2, 0.25) is 0 Å². The van der Waals surface area contributed by atoms with Crippen LogP contribution in [0.15, 0.2) is 60.6 Å². The smallest absolute Gasteiger partial charge is 0.224 e. The molecule has 0 radical (unpaired) electrons. The van der Waals surface area contributed by atoms with Crippen molar-refractivity contribution in [3.63, 3.8) is 0 Å². The van der Waals surface area contributed by atoms with Crippen LogP contribution in [0.1, 0.15) is 5.82 Å². The third kappa shape index (κ3) is 2.80. The van der Waals surface area contributed by atoms with Crippen molar-refractivity contribution >= 4 is 27.5 Å². The summed E-state index contributed by atoms with van der Waals surface area (Å²) in [6, 6.07) is 16.8. The molecule has 0 atom stereocenters. The average molecular weight is 343 g/mol. The van der Waals surface area contributed by atoms with Crippen LogP contribution in [-0.2, 0) is 0 Å². The number of benzene rings is 2. The number of imidazole rings is 1. The number of fused-ring (bicyclic) bond motifs is 2. The van der Waals surface area contributed by atoms with E-state index in [0.717, 1.165) is 16.4 Å². The van der Waals surface area contributed by atoms with Crippen molar-refractivity contribution in [2.24, 2.45) is 0 Å². The number of H-pyrrole nitrogens is 1. The zero-order valence-electron chi connectivity index (χ0n) is 13.5. The number of aliphatic hydroxyl groups excluding tert-OH is 1. The molecule has 2 aromatic heterocycles. The maximum Gasteiger partial charge on any atom is 0.224 e. The summed E-state index contributed by atoms with van der Waals surface area (Å²) in [5.41, 5.74) is 2.26. The van der Waals surface area contributed by atoms with Crippen LogP contribution < -0.4 is 4.74 Å². The van der Waals surface area contributed by atoms with Crippen LogP contribution in [0.5, 0.6) is 5.88 Å². The molecule has 0 aliphatic carbocycles. The number of rotatable bonds is 4. The van der Waals surface area contributed by atoms with Gasteiger partial charge < -0.3 is 14.8 Å².